The minimum absolute atomic E-state index is 0.383. The molecular weight excluding hydrogens is 472 g/mol. The SMILES string of the molecule is COC(=O)c1ccc(C)c(-n2c(C)cc(/C=N/NC(=O)Nc3ccc(Br)c(C)c3)c2C)c1. The normalized spacial score (nSPS) is 10.9. The molecule has 0 bridgehead atoms. The van der Waals surface area contributed by atoms with E-state index in [-0.39, 0.29) is 5.97 Å². The molecule has 2 amide bonds. The minimum atomic E-state index is -0.432. The van der Waals surface area contributed by atoms with Crippen LogP contribution in [0.2, 0.25) is 0 Å². The van der Waals surface area contributed by atoms with Gasteiger partial charge < -0.3 is 14.6 Å². The number of esters is 1. The van der Waals surface area contributed by atoms with Crippen molar-refractivity contribution in [3.05, 3.63) is 80.6 Å². The second kappa shape index (κ2) is 9.82. The van der Waals surface area contributed by atoms with Gasteiger partial charge in [0.25, 0.3) is 0 Å². The number of aryl methyl sites for hydroxylation is 3. The number of methoxy groups -OCH3 is 1. The molecule has 2 aromatic carbocycles. The van der Waals surface area contributed by atoms with Crippen molar-refractivity contribution in [3.63, 3.8) is 0 Å². The molecule has 1 heterocycles. The van der Waals surface area contributed by atoms with Crippen LogP contribution < -0.4 is 10.7 Å². The van der Waals surface area contributed by atoms with E-state index < -0.39 is 6.03 Å². The molecule has 166 valence electrons. The van der Waals surface area contributed by atoms with Gasteiger partial charge in [0.1, 0.15) is 0 Å². The lowest BCUT2D eigenvalue weighted by Gasteiger charge is -2.14. The first-order valence-electron chi connectivity index (χ1n) is 9.95. The van der Waals surface area contributed by atoms with Crippen LogP contribution in [0.1, 0.15) is 38.4 Å². The van der Waals surface area contributed by atoms with Crippen LogP contribution in [-0.4, -0.2) is 29.9 Å². The first-order valence-corrected chi connectivity index (χ1v) is 10.7. The minimum Gasteiger partial charge on any atom is -0.465 e. The maximum Gasteiger partial charge on any atom is 0.339 e. The summed E-state index contributed by atoms with van der Waals surface area (Å²) in [6.45, 7) is 7.87. The molecule has 0 atom stereocenters. The highest BCUT2D eigenvalue weighted by Crippen LogP contribution is 2.24. The highest BCUT2D eigenvalue weighted by Gasteiger charge is 2.14. The number of carbonyl (C=O) groups is 2. The zero-order valence-corrected chi connectivity index (χ0v) is 20.2. The highest BCUT2D eigenvalue weighted by atomic mass is 79.9. The standard InChI is InChI=1S/C24H25BrN4O3/c1-14-6-7-18(23(30)32-5)12-22(14)29-16(3)11-19(17(29)4)13-26-28-24(31)27-20-8-9-21(25)15(2)10-20/h6-13H,1-5H3,(H2,27,28,31)/b26-13+. The summed E-state index contributed by atoms with van der Waals surface area (Å²) in [5.74, 6) is -0.383. The number of hydrogen-bond donors (Lipinski definition) is 2. The molecule has 7 nitrogen and oxygen atoms in total. The molecule has 0 spiro atoms. The molecule has 0 radical (unpaired) electrons. The third kappa shape index (κ3) is 5.08. The average Bonchev–Trinajstić information content (AvgIpc) is 3.03. The molecule has 1 aromatic heterocycles. The summed E-state index contributed by atoms with van der Waals surface area (Å²) in [4.78, 5) is 24.1. The van der Waals surface area contributed by atoms with Crippen LogP contribution in [0, 0.1) is 27.7 Å². The predicted molar refractivity (Wildman–Crippen MR) is 130 cm³/mol. The third-order valence-corrected chi connectivity index (χ3v) is 6.02. The first-order chi connectivity index (χ1) is 15.2. The highest BCUT2D eigenvalue weighted by molar-refractivity contribution is 9.10. The van der Waals surface area contributed by atoms with Gasteiger partial charge >= 0.3 is 12.0 Å². The number of hydrogen-bond acceptors (Lipinski definition) is 4. The van der Waals surface area contributed by atoms with Crippen molar-refractivity contribution in [2.75, 3.05) is 12.4 Å². The number of halogens is 1. The summed E-state index contributed by atoms with van der Waals surface area (Å²) in [5, 5.41) is 6.83. The van der Waals surface area contributed by atoms with E-state index in [1.165, 1.54) is 7.11 Å². The summed E-state index contributed by atoms with van der Waals surface area (Å²) in [6.07, 6.45) is 1.60. The number of nitrogens with zero attached hydrogens (tertiary/aromatic N) is 2. The Kier molecular flexibility index (Phi) is 7.15. The Bertz CT molecular complexity index is 1210. The van der Waals surface area contributed by atoms with Gasteiger partial charge in [-0.3, -0.25) is 0 Å². The molecule has 0 saturated carbocycles. The lowest BCUT2D eigenvalue weighted by Crippen LogP contribution is -2.24. The van der Waals surface area contributed by atoms with E-state index >= 15 is 0 Å². The molecule has 3 rings (SSSR count). The molecule has 2 N–H and O–H groups in total. The van der Waals surface area contributed by atoms with Gasteiger partial charge in [0.15, 0.2) is 0 Å². The Balaban J connectivity index is 1.78. The van der Waals surface area contributed by atoms with Crippen LogP contribution >= 0.6 is 15.9 Å². The van der Waals surface area contributed by atoms with Crippen LogP contribution in [0.4, 0.5) is 10.5 Å². The van der Waals surface area contributed by atoms with Crippen molar-refractivity contribution in [1.29, 1.82) is 0 Å². The third-order valence-electron chi connectivity index (χ3n) is 5.13. The van der Waals surface area contributed by atoms with Gasteiger partial charge in [0.05, 0.1) is 18.9 Å². The van der Waals surface area contributed by atoms with Crippen LogP contribution in [0.25, 0.3) is 5.69 Å². The summed E-state index contributed by atoms with van der Waals surface area (Å²) in [6, 6.07) is 12.5. The van der Waals surface area contributed by atoms with Crippen molar-refractivity contribution in [2.45, 2.75) is 27.7 Å². The Morgan fingerprint density at radius 1 is 1.03 bits per heavy atom. The van der Waals surface area contributed by atoms with Gasteiger partial charge in [-0.1, -0.05) is 22.0 Å². The smallest absolute Gasteiger partial charge is 0.339 e. The van der Waals surface area contributed by atoms with Crippen molar-refractivity contribution in [2.24, 2.45) is 5.10 Å². The number of benzene rings is 2. The fraction of sp³-hybridized carbons (Fsp3) is 0.208. The van der Waals surface area contributed by atoms with Crippen LogP contribution in [0.5, 0.6) is 0 Å². The fourth-order valence-electron chi connectivity index (χ4n) is 3.43. The Morgan fingerprint density at radius 2 is 1.78 bits per heavy atom. The molecule has 0 fully saturated rings. The molecule has 32 heavy (non-hydrogen) atoms. The summed E-state index contributed by atoms with van der Waals surface area (Å²) >= 11 is 3.44. The molecule has 3 aromatic rings. The van der Waals surface area contributed by atoms with Crippen LogP contribution in [0.3, 0.4) is 0 Å². The lowest BCUT2D eigenvalue weighted by atomic mass is 10.1. The largest absolute Gasteiger partial charge is 0.465 e. The zero-order chi connectivity index (χ0) is 23.4. The Hall–Kier alpha value is -3.39. The second-order valence-corrected chi connectivity index (χ2v) is 8.30. The first kappa shape index (κ1) is 23.3. The summed E-state index contributed by atoms with van der Waals surface area (Å²) in [5.41, 5.74) is 9.34. The number of rotatable bonds is 5. The molecule has 0 saturated heterocycles. The van der Waals surface area contributed by atoms with E-state index in [0.717, 1.165) is 38.2 Å². The fourth-order valence-corrected chi connectivity index (χ4v) is 3.67. The van der Waals surface area contributed by atoms with Gasteiger partial charge in [-0.05, 0) is 75.2 Å². The van der Waals surface area contributed by atoms with Crippen molar-refractivity contribution >= 4 is 39.8 Å². The number of aromatic nitrogens is 1. The van der Waals surface area contributed by atoms with Crippen LogP contribution in [-0.2, 0) is 4.74 Å². The van der Waals surface area contributed by atoms with Crippen molar-refractivity contribution in [3.8, 4) is 5.69 Å². The molecule has 0 aliphatic carbocycles. The van der Waals surface area contributed by atoms with E-state index in [1.807, 2.05) is 62.6 Å². The van der Waals surface area contributed by atoms with E-state index in [9.17, 15) is 9.59 Å². The monoisotopic (exact) mass is 496 g/mol. The quantitative estimate of drug-likeness (QED) is 0.281. The van der Waals surface area contributed by atoms with E-state index in [1.54, 1.807) is 18.3 Å². The number of urea groups is 1. The summed E-state index contributed by atoms with van der Waals surface area (Å²) in [7, 11) is 1.36. The molecule has 8 heteroatoms. The maximum absolute atomic E-state index is 12.2. The number of carbonyl (C=O) groups excluding carboxylic acids is 2. The Labute approximate surface area is 195 Å². The number of nitrogens with one attached hydrogen (secondary N) is 2. The van der Waals surface area contributed by atoms with Crippen molar-refractivity contribution in [1.82, 2.24) is 9.99 Å². The second-order valence-electron chi connectivity index (χ2n) is 7.44. The maximum atomic E-state index is 12.2. The lowest BCUT2D eigenvalue weighted by molar-refractivity contribution is 0.0600. The van der Waals surface area contributed by atoms with Gasteiger partial charge in [-0.2, -0.15) is 5.10 Å². The van der Waals surface area contributed by atoms with E-state index in [0.29, 0.717) is 11.3 Å². The number of ether oxygens (including phenoxy) is 1. The number of amides is 2. The predicted octanol–water partition coefficient (Wildman–Crippen LogP) is 5.42. The van der Waals surface area contributed by atoms with Gasteiger partial charge in [-0.15, -0.1) is 0 Å². The number of anilines is 1. The summed E-state index contributed by atoms with van der Waals surface area (Å²) < 4.78 is 7.87. The van der Waals surface area contributed by atoms with Gasteiger partial charge in [0, 0.05) is 32.8 Å². The average molecular weight is 497 g/mol. The zero-order valence-electron chi connectivity index (χ0n) is 18.6. The van der Waals surface area contributed by atoms with Crippen LogP contribution in [0.15, 0.2) is 52.0 Å². The van der Waals surface area contributed by atoms with Gasteiger partial charge in [-0.25, -0.2) is 15.0 Å². The van der Waals surface area contributed by atoms with Gasteiger partial charge in [0.2, 0.25) is 0 Å². The molecular formula is C24H25BrN4O3. The molecule has 0 aliphatic rings. The van der Waals surface area contributed by atoms with Crippen molar-refractivity contribution < 1.29 is 14.3 Å². The van der Waals surface area contributed by atoms with E-state index in [2.05, 4.69) is 31.8 Å². The molecule has 0 unspecified atom stereocenters. The Morgan fingerprint density at radius 3 is 2.47 bits per heavy atom. The van der Waals surface area contributed by atoms with E-state index in [4.69, 9.17) is 4.74 Å². The number of hydrazone groups is 1. The molecule has 0 aliphatic heterocycles. The topological polar surface area (TPSA) is 84.7 Å².